The Balaban J connectivity index is 2.75. The van der Waals surface area contributed by atoms with E-state index in [-0.39, 0.29) is 16.4 Å². The highest BCUT2D eigenvalue weighted by Gasteiger charge is 2.31. The fourth-order valence-corrected chi connectivity index (χ4v) is 3.32. The van der Waals surface area contributed by atoms with Crippen LogP contribution in [-0.2, 0) is 15.2 Å². The van der Waals surface area contributed by atoms with Crippen LogP contribution in [0.15, 0.2) is 23.1 Å². The van der Waals surface area contributed by atoms with Crippen LogP contribution in [0.5, 0.6) is 0 Å². The van der Waals surface area contributed by atoms with Gasteiger partial charge in [0.2, 0.25) is 9.05 Å². The molecule has 0 heterocycles. The second kappa shape index (κ2) is 5.66. The molecule has 0 radical (unpaired) electrons. The third kappa shape index (κ3) is 5.03. The minimum Gasteiger partial charge on any atom is -0.212 e. The van der Waals surface area contributed by atoms with E-state index in [2.05, 4.69) is 0 Å². The van der Waals surface area contributed by atoms with E-state index in [4.69, 9.17) is 10.7 Å². The normalized spacial score (nSPS) is 12.7. The molecular formula is C9H7ClF4O2S2. The Morgan fingerprint density at radius 1 is 1.28 bits per heavy atom. The van der Waals surface area contributed by atoms with Crippen molar-refractivity contribution in [1.29, 1.82) is 0 Å². The van der Waals surface area contributed by atoms with Crippen LogP contribution in [0.2, 0.25) is 0 Å². The maximum Gasteiger partial charge on any atom is 0.416 e. The van der Waals surface area contributed by atoms with Crippen molar-refractivity contribution in [3.05, 3.63) is 29.6 Å². The first-order chi connectivity index (χ1) is 8.09. The first-order valence-electron chi connectivity index (χ1n) is 4.51. The van der Waals surface area contributed by atoms with Crippen molar-refractivity contribution >= 4 is 31.5 Å². The van der Waals surface area contributed by atoms with Gasteiger partial charge in [0.1, 0.15) is 5.82 Å². The van der Waals surface area contributed by atoms with E-state index in [0.717, 1.165) is 23.9 Å². The van der Waals surface area contributed by atoms with E-state index in [1.54, 1.807) is 0 Å². The summed E-state index contributed by atoms with van der Waals surface area (Å²) in [4.78, 5) is -0.0525. The molecule has 0 bridgehead atoms. The van der Waals surface area contributed by atoms with Gasteiger partial charge in [0, 0.05) is 21.3 Å². The molecule has 0 aliphatic rings. The molecule has 1 rings (SSSR count). The van der Waals surface area contributed by atoms with Gasteiger partial charge >= 0.3 is 6.18 Å². The molecule has 1 aromatic rings. The fourth-order valence-electron chi connectivity index (χ4n) is 1.05. The highest BCUT2D eigenvalue weighted by atomic mass is 35.7. The van der Waals surface area contributed by atoms with Gasteiger partial charge in [-0.1, -0.05) is 0 Å². The van der Waals surface area contributed by atoms with Gasteiger partial charge in [-0.05, 0) is 18.2 Å². The van der Waals surface area contributed by atoms with E-state index < -0.39 is 26.6 Å². The van der Waals surface area contributed by atoms with E-state index in [9.17, 15) is 26.0 Å². The third-order valence-electron chi connectivity index (χ3n) is 1.84. The predicted molar refractivity (Wildman–Crippen MR) is 61.8 cm³/mol. The van der Waals surface area contributed by atoms with E-state index in [1.807, 2.05) is 0 Å². The number of hydrogen-bond donors (Lipinski definition) is 0. The smallest absolute Gasteiger partial charge is 0.212 e. The number of hydrogen-bond acceptors (Lipinski definition) is 3. The molecule has 9 heteroatoms. The molecule has 0 fully saturated rings. The lowest BCUT2D eigenvalue weighted by atomic mass is 10.2. The Morgan fingerprint density at radius 2 is 1.89 bits per heavy atom. The summed E-state index contributed by atoms with van der Waals surface area (Å²) in [5.74, 6) is -1.46. The van der Waals surface area contributed by atoms with Crippen molar-refractivity contribution in [2.45, 2.75) is 11.1 Å². The Bertz CT molecular complexity index is 528. The lowest BCUT2D eigenvalue weighted by molar-refractivity contribution is -0.137. The zero-order chi connectivity index (χ0) is 14.0. The van der Waals surface area contributed by atoms with Gasteiger partial charge in [-0.2, -0.15) is 13.2 Å². The van der Waals surface area contributed by atoms with Crippen LogP contribution in [0.4, 0.5) is 17.6 Å². The minimum absolute atomic E-state index is 0.0336. The van der Waals surface area contributed by atoms with Crippen molar-refractivity contribution in [1.82, 2.24) is 0 Å². The second-order valence-electron chi connectivity index (χ2n) is 3.23. The number of benzene rings is 1. The lowest BCUT2D eigenvalue weighted by Crippen LogP contribution is -2.05. The van der Waals surface area contributed by atoms with Crippen LogP contribution in [0.3, 0.4) is 0 Å². The summed E-state index contributed by atoms with van der Waals surface area (Å²) in [6.07, 6.45) is -4.61. The molecule has 0 saturated heterocycles. The van der Waals surface area contributed by atoms with Crippen molar-refractivity contribution in [2.75, 3.05) is 11.5 Å². The molecule has 0 amide bonds. The summed E-state index contributed by atoms with van der Waals surface area (Å²) in [6, 6.07) is 2.07. The van der Waals surface area contributed by atoms with Crippen LogP contribution in [0.1, 0.15) is 5.56 Å². The summed E-state index contributed by atoms with van der Waals surface area (Å²) >= 11 is 0.787. The Hall–Kier alpha value is -0.470. The molecule has 0 N–H and O–H groups in total. The Morgan fingerprint density at radius 3 is 2.33 bits per heavy atom. The number of halogens is 5. The van der Waals surface area contributed by atoms with Crippen molar-refractivity contribution in [2.24, 2.45) is 0 Å². The monoisotopic (exact) mass is 322 g/mol. The summed E-state index contributed by atoms with van der Waals surface area (Å²) < 4.78 is 71.2. The predicted octanol–water partition coefficient (Wildman–Crippen LogP) is 3.51. The molecule has 0 saturated carbocycles. The molecule has 0 spiro atoms. The Labute approximate surface area is 110 Å². The molecule has 1 aromatic carbocycles. The van der Waals surface area contributed by atoms with E-state index in [0.29, 0.717) is 6.07 Å². The molecular weight excluding hydrogens is 316 g/mol. The van der Waals surface area contributed by atoms with Crippen LogP contribution < -0.4 is 0 Å². The van der Waals surface area contributed by atoms with Gasteiger partial charge in [-0.15, -0.1) is 11.8 Å². The van der Waals surface area contributed by atoms with Crippen LogP contribution in [0.25, 0.3) is 0 Å². The maximum absolute atomic E-state index is 13.3. The quantitative estimate of drug-likeness (QED) is 0.483. The molecule has 0 aromatic heterocycles. The average Bonchev–Trinajstić information content (AvgIpc) is 2.17. The summed E-state index contributed by atoms with van der Waals surface area (Å²) in [5, 5.41) is 0. The average molecular weight is 323 g/mol. The third-order valence-corrected chi connectivity index (χ3v) is 4.31. The maximum atomic E-state index is 13.3. The van der Waals surface area contributed by atoms with Crippen molar-refractivity contribution < 1.29 is 26.0 Å². The topological polar surface area (TPSA) is 34.1 Å². The van der Waals surface area contributed by atoms with Gasteiger partial charge in [-0.25, -0.2) is 12.8 Å². The largest absolute Gasteiger partial charge is 0.416 e. The molecule has 0 unspecified atom stereocenters. The molecule has 18 heavy (non-hydrogen) atoms. The zero-order valence-electron chi connectivity index (χ0n) is 8.67. The molecule has 2 nitrogen and oxygen atoms in total. The van der Waals surface area contributed by atoms with Crippen molar-refractivity contribution in [3.8, 4) is 0 Å². The van der Waals surface area contributed by atoms with E-state index in [1.165, 1.54) is 0 Å². The SMILES string of the molecule is O=S(=O)(Cl)CCSc1ccc(C(F)(F)F)cc1F. The van der Waals surface area contributed by atoms with Crippen LogP contribution in [-0.4, -0.2) is 19.9 Å². The molecule has 0 aliphatic heterocycles. The fraction of sp³-hybridized carbons (Fsp3) is 0.333. The van der Waals surface area contributed by atoms with Gasteiger partial charge < -0.3 is 0 Å². The number of thioether (sulfide) groups is 1. The van der Waals surface area contributed by atoms with E-state index >= 15 is 0 Å². The number of rotatable bonds is 4. The highest BCUT2D eigenvalue weighted by Crippen LogP contribution is 2.32. The summed E-state index contributed by atoms with van der Waals surface area (Å²) in [7, 11) is 1.25. The van der Waals surface area contributed by atoms with Crippen molar-refractivity contribution in [3.63, 3.8) is 0 Å². The molecule has 0 atom stereocenters. The second-order valence-corrected chi connectivity index (χ2v) is 7.27. The van der Waals surface area contributed by atoms with Crippen LogP contribution in [0, 0.1) is 5.82 Å². The van der Waals surface area contributed by atoms with Gasteiger partial charge in [0.05, 0.1) is 11.3 Å². The first kappa shape index (κ1) is 15.6. The molecule has 0 aliphatic carbocycles. The standard InChI is InChI=1S/C9H7ClF4O2S2/c10-18(15,16)4-3-17-8-2-1-6(5-7(8)11)9(12,13)14/h1-2,5H,3-4H2. The number of alkyl halides is 3. The zero-order valence-corrected chi connectivity index (χ0v) is 11.1. The highest BCUT2D eigenvalue weighted by molar-refractivity contribution is 8.14. The van der Waals surface area contributed by atoms with Gasteiger partial charge in [0.15, 0.2) is 0 Å². The lowest BCUT2D eigenvalue weighted by Gasteiger charge is -2.08. The van der Waals surface area contributed by atoms with Gasteiger partial charge in [-0.3, -0.25) is 0 Å². The molecule has 102 valence electrons. The van der Waals surface area contributed by atoms with Crippen LogP contribution >= 0.6 is 22.4 Å². The van der Waals surface area contributed by atoms with Gasteiger partial charge in [0.25, 0.3) is 0 Å². The first-order valence-corrected chi connectivity index (χ1v) is 7.98. The summed E-state index contributed by atoms with van der Waals surface area (Å²) in [6.45, 7) is 0. The summed E-state index contributed by atoms with van der Waals surface area (Å²) in [5.41, 5.74) is -1.09. The Kier molecular flexibility index (Phi) is 4.90. The minimum atomic E-state index is -4.61.